The lowest BCUT2D eigenvalue weighted by atomic mass is 9.67. The van der Waals surface area contributed by atoms with Gasteiger partial charge >= 0.3 is 0 Å². The van der Waals surface area contributed by atoms with Crippen molar-refractivity contribution in [1.29, 1.82) is 0 Å². The SMILES string of the molecule is COc1cc(C)c(C2C(=O)c3c(cc(C)cc3OC)C[C@@H]2c2ccc(OC)c(OC)c2)c(OC)c1. The maximum Gasteiger partial charge on any atom is 0.175 e. The van der Waals surface area contributed by atoms with Crippen LogP contribution < -0.4 is 23.7 Å². The minimum absolute atomic E-state index is 0.00875. The van der Waals surface area contributed by atoms with E-state index in [1.165, 1.54) is 0 Å². The molecule has 0 radical (unpaired) electrons. The van der Waals surface area contributed by atoms with Crippen LogP contribution in [-0.4, -0.2) is 41.3 Å². The number of benzene rings is 3. The molecule has 0 amide bonds. The number of ether oxygens (including phenoxy) is 5. The van der Waals surface area contributed by atoms with Crippen LogP contribution in [0.3, 0.4) is 0 Å². The molecule has 1 aliphatic rings. The molecule has 6 nitrogen and oxygen atoms in total. The number of hydrogen-bond donors (Lipinski definition) is 0. The van der Waals surface area contributed by atoms with E-state index in [1.54, 1.807) is 35.5 Å². The van der Waals surface area contributed by atoms with Crippen LogP contribution in [0, 0.1) is 13.8 Å². The van der Waals surface area contributed by atoms with Crippen molar-refractivity contribution >= 4 is 5.78 Å². The van der Waals surface area contributed by atoms with Gasteiger partial charge in [-0.1, -0.05) is 12.1 Å². The number of Topliss-reactive ketones (excluding diaryl/α,β-unsaturated/α-hetero) is 1. The Bertz CT molecular complexity index is 1260. The Hall–Kier alpha value is -3.67. The summed E-state index contributed by atoms with van der Waals surface area (Å²) >= 11 is 0. The molecule has 1 aliphatic carbocycles. The number of fused-ring (bicyclic) bond motifs is 1. The zero-order valence-electron chi connectivity index (χ0n) is 21.4. The molecule has 0 spiro atoms. The zero-order chi connectivity index (χ0) is 25.3. The summed E-state index contributed by atoms with van der Waals surface area (Å²) in [5.41, 5.74) is 5.44. The molecule has 35 heavy (non-hydrogen) atoms. The Balaban J connectivity index is 1.99. The van der Waals surface area contributed by atoms with Crippen LogP contribution in [0.15, 0.2) is 42.5 Å². The molecule has 0 saturated heterocycles. The first kappa shape index (κ1) is 24.5. The summed E-state index contributed by atoms with van der Waals surface area (Å²) in [6.45, 7) is 4.00. The Kier molecular flexibility index (Phi) is 6.92. The molecule has 0 bridgehead atoms. The minimum atomic E-state index is -0.488. The Morgan fingerprint density at radius 1 is 0.714 bits per heavy atom. The summed E-state index contributed by atoms with van der Waals surface area (Å²) in [5.74, 6) is 2.55. The van der Waals surface area contributed by atoms with Crippen LogP contribution in [0.1, 0.15) is 50.0 Å². The minimum Gasteiger partial charge on any atom is -0.497 e. The fourth-order valence-corrected chi connectivity index (χ4v) is 5.27. The van der Waals surface area contributed by atoms with Crippen molar-refractivity contribution in [2.45, 2.75) is 32.1 Å². The molecule has 0 N–H and O–H groups in total. The molecular formula is C29H32O6. The summed E-state index contributed by atoms with van der Waals surface area (Å²) in [6, 6.07) is 13.6. The lowest BCUT2D eigenvalue weighted by Gasteiger charge is -2.35. The lowest BCUT2D eigenvalue weighted by Crippen LogP contribution is -2.30. The molecule has 0 aliphatic heterocycles. The van der Waals surface area contributed by atoms with Gasteiger partial charge < -0.3 is 23.7 Å². The highest BCUT2D eigenvalue weighted by Crippen LogP contribution is 2.50. The molecule has 1 unspecified atom stereocenters. The van der Waals surface area contributed by atoms with E-state index in [0.29, 0.717) is 40.7 Å². The second-order valence-corrected chi connectivity index (χ2v) is 8.83. The van der Waals surface area contributed by atoms with Gasteiger partial charge in [-0.25, -0.2) is 0 Å². The quantitative estimate of drug-likeness (QED) is 0.439. The van der Waals surface area contributed by atoms with Crippen molar-refractivity contribution < 1.29 is 28.5 Å². The van der Waals surface area contributed by atoms with Gasteiger partial charge in [0.15, 0.2) is 17.3 Å². The third kappa shape index (κ3) is 4.29. The summed E-state index contributed by atoms with van der Waals surface area (Å²) in [5, 5.41) is 0. The Morgan fingerprint density at radius 2 is 1.40 bits per heavy atom. The van der Waals surface area contributed by atoms with Gasteiger partial charge in [-0.15, -0.1) is 0 Å². The van der Waals surface area contributed by atoms with Gasteiger partial charge in [0.1, 0.15) is 17.2 Å². The Labute approximate surface area is 206 Å². The fourth-order valence-electron chi connectivity index (χ4n) is 5.27. The number of methoxy groups -OCH3 is 5. The Morgan fingerprint density at radius 3 is 2.03 bits per heavy atom. The molecule has 4 rings (SSSR count). The van der Waals surface area contributed by atoms with Gasteiger partial charge in [0.25, 0.3) is 0 Å². The fraction of sp³-hybridized carbons (Fsp3) is 0.345. The average molecular weight is 477 g/mol. The molecular weight excluding hydrogens is 444 g/mol. The van der Waals surface area contributed by atoms with E-state index >= 15 is 0 Å². The van der Waals surface area contributed by atoms with Gasteiger partial charge in [0.2, 0.25) is 0 Å². The summed E-state index contributed by atoms with van der Waals surface area (Å²) < 4.78 is 28.0. The molecule has 0 aromatic heterocycles. The lowest BCUT2D eigenvalue weighted by molar-refractivity contribution is 0.0929. The van der Waals surface area contributed by atoms with Crippen LogP contribution in [0.25, 0.3) is 0 Å². The van der Waals surface area contributed by atoms with Crippen LogP contribution >= 0.6 is 0 Å². The van der Waals surface area contributed by atoms with Gasteiger partial charge in [0.05, 0.1) is 47.0 Å². The number of ketones is 1. The number of carbonyl (C=O) groups excluding carboxylic acids is 1. The molecule has 3 aromatic carbocycles. The third-order valence-electron chi connectivity index (χ3n) is 6.84. The average Bonchev–Trinajstić information content (AvgIpc) is 2.87. The first-order valence-corrected chi connectivity index (χ1v) is 11.5. The first-order valence-electron chi connectivity index (χ1n) is 11.5. The van der Waals surface area contributed by atoms with Crippen LogP contribution in [0.5, 0.6) is 28.7 Å². The molecule has 184 valence electrons. The highest BCUT2D eigenvalue weighted by Gasteiger charge is 2.42. The van der Waals surface area contributed by atoms with E-state index in [1.807, 2.05) is 50.2 Å². The van der Waals surface area contributed by atoms with Crippen molar-refractivity contribution in [1.82, 2.24) is 0 Å². The molecule has 0 saturated carbocycles. The second-order valence-electron chi connectivity index (χ2n) is 8.83. The predicted octanol–water partition coefficient (Wildman–Crippen LogP) is 5.65. The first-order chi connectivity index (χ1) is 16.9. The summed E-state index contributed by atoms with van der Waals surface area (Å²) in [4.78, 5) is 14.3. The van der Waals surface area contributed by atoms with E-state index in [2.05, 4.69) is 6.07 Å². The van der Waals surface area contributed by atoms with Gasteiger partial charge in [-0.2, -0.15) is 0 Å². The monoisotopic (exact) mass is 476 g/mol. The standard InChI is InChI=1S/C29H32O6/c1-16-10-19-13-21(18-8-9-22(32-4)23(14-18)33-5)28(29(30)27(19)24(11-16)34-6)26-17(2)12-20(31-3)15-25(26)35-7/h8-12,14-15,21,28H,13H2,1-7H3/t21-,28?/m1/s1. The van der Waals surface area contributed by atoms with Crippen molar-refractivity contribution in [2.24, 2.45) is 0 Å². The van der Waals surface area contributed by atoms with Crippen molar-refractivity contribution in [2.75, 3.05) is 35.5 Å². The second kappa shape index (κ2) is 9.90. The topological polar surface area (TPSA) is 63.2 Å². The number of hydrogen-bond acceptors (Lipinski definition) is 6. The van der Waals surface area contributed by atoms with Gasteiger partial charge in [-0.3, -0.25) is 4.79 Å². The van der Waals surface area contributed by atoms with Crippen molar-refractivity contribution in [3.05, 3.63) is 75.8 Å². The predicted molar refractivity (Wildman–Crippen MR) is 135 cm³/mol. The maximum absolute atomic E-state index is 14.3. The van der Waals surface area contributed by atoms with Crippen LogP contribution in [0.4, 0.5) is 0 Å². The maximum atomic E-state index is 14.3. The molecule has 3 aromatic rings. The summed E-state index contributed by atoms with van der Waals surface area (Å²) in [6.07, 6.45) is 0.661. The zero-order valence-corrected chi connectivity index (χ0v) is 21.4. The van der Waals surface area contributed by atoms with E-state index in [-0.39, 0.29) is 11.7 Å². The molecule has 0 fully saturated rings. The molecule has 2 atom stereocenters. The van der Waals surface area contributed by atoms with E-state index in [4.69, 9.17) is 23.7 Å². The van der Waals surface area contributed by atoms with Crippen LogP contribution in [0.2, 0.25) is 0 Å². The number of aryl methyl sites for hydroxylation is 2. The highest BCUT2D eigenvalue weighted by atomic mass is 16.5. The van der Waals surface area contributed by atoms with E-state index in [9.17, 15) is 4.79 Å². The van der Waals surface area contributed by atoms with E-state index in [0.717, 1.165) is 27.8 Å². The largest absolute Gasteiger partial charge is 0.497 e. The van der Waals surface area contributed by atoms with E-state index < -0.39 is 5.92 Å². The van der Waals surface area contributed by atoms with Crippen LogP contribution in [-0.2, 0) is 6.42 Å². The summed E-state index contributed by atoms with van der Waals surface area (Å²) in [7, 11) is 8.08. The van der Waals surface area contributed by atoms with Crippen molar-refractivity contribution in [3.8, 4) is 28.7 Å². The molecule has 6 heteroatoms. The molecule has 0 heterocycles. The highest BCUT2D eigenvalue weighted by molar-refractivity contribution is 6.07. The number of carbonyl (C=O) groups is 1. The smallest absolute Gasteiger partial charge is 0.175 e. The van der Waals surface area contributed by atoms with Crippen molar-refractivity contribution in [3.63, 3.8) is 0 Å². The van der Waals surface area contributed by atoms with Gasteiger partial charge in [0, 0.05) is 17.5 Å². The third-order valence-corrected chi connectivity index (χ3v) is 6.84. The van der Waals surface area contributed by atoms with Gasteiger partial charge in [-0.05, 0) is 66.8 Å². The number of rotatable bonds is 7. The normalized spacial score (nSPS) is 16.9.